The average Bonchev–Trinajstić information content (AvgIpc) is 2.59. The summed E-state index contributed by atoms with van der Waals surface area (Å²) in [6, 6.07) is 0. The molecule has 5 N–H and O–H groups in total. The van der Waals surface area contributed by atoms with Crippen molar-refractivity contribution < 1.29 is 39.4 Å². The minimum atomic E-state index is -1.05. The topological polar surface area (TPSA) is 138 Å². The predicted octanol–water partition coefficient (Wildman–Crippen LogP) is -0.877. The van der Waals surface area contributed by atoms with Crippen molar-refractivity contribution in [3.05, 3.63) is 0 Å². The molecule has 0 aliphatic carbocycles. The Morgan fingerprint density at radius 1 is 1.23 bits per heavy atom. The van der Waals surface area contributed by atoms with Gasteiger partial charge in [0, 0.05) is 20.1 Å². The lowest BCUT2D eigenvalue weighted by Gasteiger charge is -2.41. The van der Waals surface area contributed by atoms with E-state index in [-0.39, 0.29) is 19.6 Å². The molecule has 26 heavy (non-hydrogen) atoms. The molecular formula is C17H33NO8. The van der Waals surface area contributed by atoms with Crippen molar-refractivity contribution in [2.24, 2.45) is 0 Å². The van der Waals surface area contributed by atoms with Crippen LogP contribution in [-0.4, -0.2) is 96.4 Å². The highest BCUT2D eigenvalue weighted by Crippen LogP contribution is 2.23. The first kappa shape index (κ1) is 23.2. The van der Waals surface area contributed by atoms with Gasteiger partial charge in [-0.1, -0.05) is 6.42 Å². The Kier molecular flexibility index (Phi) is 11.2. The zero-order valence-corrected chi connectivity index (χ0v) is 15.5. The van der Waals surface area contributed by atoms with E-state index in [4.69, 9.17) is 19.3 Å². The van der Waals surface area contributed by atoms with Gasteiger partial charge in [0.1, 0.15) is 24.4 Å². The van der Waals surface area contributed by atoms with Crippen LogP contribution in [0.4, 0.5) is 0 Å². The first-order chi connectivity index (χ1) is 12.4. The van der Waals surface area contributed by atoms with E-state index in [1.807, 2.05) is 0 Å². The second-order valence-corrected chi connectivity index (χ2v) is 6.66. The number of aliphatic hydroxyl groups excluding tert-OH is 3. The van der Waals surface area contributed by atoms with E-state index >= 15 is 0 Å². The van der Waals surface area contributed by atoms with Gasteiger partial charge in [-0.2, -0.15) is 0 Å². The van der Waals surface area contributed by atoms with E-state index < -0.39 is 42.6 Å². The maximum atomic E-state index is 10.4. The third-order valence-corrected chi connectivity index (χ3v) is 4.41. The largest absolute Gasteiger partial charge is 0.481 e. The zero-order valence-electron chi connectivity index (χ0n) is 15.5. The molecule has 0 radical (unpaired) electrons. The average molecular weight is 379 g/mol. The minimum Gasteiger partial charge on any atom is -0.481 e. The Morgan fingerprint density at radius 3 is 2.62 bits per heavy atom. The maximum absolute atomic E-state index is 10.4. The van der Waals surface area contributed by atoms with Crippen molar-refractivity contribution >= 4 is 5.97 Å². The molecule has 0 bridgehead atoms. The van der Waals surface area contributed by atoms with Gasteiger partial charge in [0.25, 0.3) is 0 Å². The lowest BCUT2D eigenvalue weighted by molar-refractivity contribution is -0.235. The molecular weight excluding hydrogens is 346 g/mol. The van der Waals surface area contributed by atoms with Crippen LogP contribution in [-0.2, 0) is 19.0 Å². The molecule has 154 valence electrons. The number of hydrogen-bond donors (Lipinski definition) is 5. The molecule has 6 unspecified atom stereocenters. The highest BCUT2D eigenvalue weighted by atomic mass is 16.6. The fraction of sp³-hybridized carbons (Fsp3) is 0.941. The summed E-state index contributed by atoms with van der Waals surface area (Å²) in [7, 11) is 1.43. The van der Waals surface area contributed by atoms with E-state index in [0.717, 1.165) is 12.8 Å². The Balaban J connectivity index is 2.13. The quantitative estimate of drug-likeness (QED) is 0.258. The van der Waals surface area contributed by atoms with E-state index in [2.05, 4.69) is 5.32 Å². The maximum Gasteiger partial charge on any atom is 0.303 e. The van der Waals surface area contributed by atoms with Crippen LogP contribution in [0.3, 0.4) is 0 Å². The number of carboxylic acids is 1. The number of nitrogens with one attached hydrogen (secondary N) is 1. The standard InChI is InChI=1S/C17H33NO8/c1-11-15(22)16(23)17(24-2)13(26-11)10-25-9-12(19)8-18-7-5-3-4-6-14(20)21/h11-13,15-19,22-23H,3-10H2,1-2H3,(H,20,21). The lowest BCUT2D eigenvalue weighted by Crippen LogP contribution is -2.58. The van der Waals surface area contributed by atoms with Gasteiger partial charge in [0.15, 0.2) is 0 Å². The first-order valence-electron chi connectivity index (χ1n) is 9.09. The molecule has 1 aliphatic heterocycles. The van der Waals surface area contributed by atoms with Crippen molar-refractivity contribution in [2.75, 3.05) is 33.4 Å². The molecule has 1 aliphatic rings. The van der Waals surface area contributed by atoms with Gasteiger partial charge in [-0.3, -0.25) is 4.79 Å². The van der Waals surface area contributed by atoms with Gasteiger partial charge in [-0.15, -0.1) is 0 Å². The summed E-state index contributed by atoms with van der Waals surface area (Å²) in [6.45, 7) is 2.99. The van der Waals surface area contributed by atoms with E-state index in [1.165, 1.54) is 7.11 Å². The van der Waals surface area contributed by atoms with Crippen molar-refractivity contribution in [1.29, 1.82) is 0 Å². The van der Waals surface area contributed by atoms with E-state index in [9.17, 15) is 20.1 Å². The number of carbonyl (C=O) groups is 1. The predicted molar refractivity (Wildman–Crippen MR) is 92.9 cm³/mol. The Morgan fingerprint density at radius 2 is 1.96 bits per heavy atom. The van der Waals surface area contributed by atoms with Crippen LogP contribution in [0.15, 0.2) is 0 Å². The molecule has 9 heteroatoms. The molecule has 0 aromatic rings. The summed E-state index contributed by atoms with van der Waals surface area (Å²) in [5, 5.41) is 41.4. The molecule has 0 aromatic heterocycles. The number of methoxy groups -OCH3 is 1. The molecule has 1 saturated heterocycles. The number of carboxylic acid groups (broad SMARTS) is 1. The highest BCUT2D eigenvalue weighted by Gasteiger charge is 2.42. The normalized spacial score (nSPS) is 30.3. The van der Waals surface area contributed by atoms with Crippen LogP contribution < -0.4 is 5.32 Å². The number of aliphatic hydroxyl groups is 3. The van der Waals surface area contributed by atoms with Gasteiger partial charge >= 0.3 is 5.97 Å². The lowest BCUT2D eigenvalue weighted by atomic mass is 9.96. The van der Waals surface area contributed by atoms with Gasteiger partial charge in [0.05, 0.1) is 25.4 Å². The Hall–Kier alpha value is -0.810. The van der Waals surface area contributed by atoms with Crippen molar-refractivity contribution in [3.63, 3.8) is 0 Å². The first-order valence-corrected chi connectivity index (χ1v) is 9.09. The number of unbranched alkanes of at least 4 members (excludes halogenated alkanes) is 2. The van der Waals surface area contributed by atoms with Crippen molar-refractivity contribution in [1.82, 2.24) is 5.32 Å². The molecule has 1 fully saturated rings. The number of hydrogen-bond acceptors (Lipinski definition) is 8. The van der Waals surface area contributed by atoms with Gasteiger partial charge in [0.2, 0.25) is 0 Å². The van der Waals surface area contributed by atoms with E-state index in [0.29, 0.717) is 19.5 Å². The summed E-state index contributed by atoms with van der Waals surface area (Å²) in [5.74, 6) is -0.778. The Labute approximate surface area is 154 Å². The number of ether oxygens (including phenoxy) is 3. The molecule has 1 rings (SSSR count). The van der Waals surface area contributed by atoms with Crippen LogP contribution in [0.2, 0.25) is 0 Å². The van der Waals surface area contributed by atoms with Crippen molar-refractivity contribution in [2.45, 2.75) is 69.2 Å². The summed E-state index contributed by atoms with van der Waals surface area (Å²) >= 11 is 0. The Bertz CT molecular complexity index is 397. The summed E-state index contributed by atoms with van der Waals surface area (Å²) in [4.78, 5) is 10.4. The SMILES string of the molecule is COC1C(COCC(O)CNCCCCCC(=O)O)OC(C)C(O)C1O. The highest BCUT2D eigenvalue weighted by molar-refractivity contribution is 5.66. The van der Waals surface area contributed by atoms with Gasteiger partial charge in [-0.25, -0.2) is 0 Å². The molecule has 0 spiro atoms. The molecule has 0 amide bonds. The molecule has 1 heterocycles. The second-order valence-electron chi connectivity index (χ2n) is 6.66. The molecule has 9 nitrogen and oxygen atoms in total. The summed E-state index contributed by atoms with van der Waals surface area (Å²) in [5.41, 5.74) is 0. The molecule has 0 saturated carbocycles. The van der Waals surface area contributed by atoms with Crippen LogP contribution in [0, 0.1) is 0 Å². The fourth-order valence-electron chi connectivity index (χ4n) is 2.90. The van der Waals surface area contributed by atoms with E-state index in [1.54, 1.807) is 6.92 Å². The van der Waals surface area contributed by atoms with Crippen LogP contribution >= 0.6 is 0 Å². The zero-order chi connectivity index (χ0) is 19.5. The monoisotopic (exact) mass is 379 g/mol. The van der Waals surface area contributed by atoms with Gasteiger partial charge < -0.3 is 40.0 Å². The number of aliphatic carboxylic acids is 1. The second kappa shape index (κ2) is 12.6. The minimum absolute atomic E-state index is 0.106. The summed E-state index contributed by atoms with van der Waals surface area (Å²) < 4.78 is 16.3. The van der Waals surface area contributed by atoms with Crippen LogP contribution in [0.5, 0.6) is 0 Å². The smallest absolute Gasteiger partial charge is 0.303 e. The van der Waals surface area contributed by atoms with Crippen LogP contribution in [0.1, 0.15) is 32.6 Å². The van der Waals surface area contributed by atoms with Gasteiger partial charge in [-0.05, 0) is 26.3 Å². The number of rotatable bonds is 13. The summed E-state index contributed by atoms with van der Waals surface area (Å²) in [6.07, 6.45) is -1.98. The molecule has 0 aromatic carbocycles. The third kappa shape index (κ3) is 8.26. The van der Waals surface area contributed by atoms with Crippen LogP contribution in [0.25, 0.3) is 0 Å². The third-order valence-electron chi connectivity index (χ3n) is 4.41. The molecule has 6 atom stereocenters. The van der Waals surface area contributed by atoms with Crippen molar-refractivity contribution in [3.8, 4) is 0 Å². The fourth-order valence-corrected chi connectivity index (χ4v) is 2.90.